The molecule has 0 saturated carbocycles. The molecule has 1 amide bonds. The van der Waals surface area contributed by atoms with Crippen molar-refractivity contribution in [3.05, 3.63) is 53.3 Å². The second kappa shape index (κ2) is 7.07. The van der Waals surface area contributed by atoms with Crippen LogP contribution in [0.25, 0.3) is 0 Å². The number of benzene rings is 2. The summed E-state index contributed by atoms with van der Waals surface area (Å²) < 4.78 is 41.7. The molecule has 1 N–H and O–H groups in total. The minimum atomic E-state index is -4.04. The summed E-state index contributed by atoms with van der Waals surface area (Å²) in [5, 5.41) is 0. The molecule has 0 aliphatic carbocycles. The molecule has 1 heterocycles. The molecule has 0 radical (unpaired) electrons. The summed E-state index contributed by atoms with van der Waals surface area (Å²) in [6.07, 6.45) is 1.80. The molecule has 0 fully saturated rings. The Balaban J connectivity index is 1.93. The van der Waals surface area contributed by atoms with Gasteiger partial charge in [-0.1, -0.05) is 19.1 Å². The number of nitrogens with one attached hydrogen (secondary N) is 1. The molecule has 0 unspecified atom stereocenters. The third kappa shape index (κ3) is 3.44. The maximum absolute atomic E-state index is 14.0. The molecule has 5 nitrogen and oxygen atoms in total. The number of hydrogen-bond donors (Lipinski definition) is 1. The first-order chi connectivity index (χ1) is 12.3. The number of nitrogens with zero attached hydrogens (tertiary/aromatic N) is 1. The van der Waals surface area contributed by atoms with E-state index in [4.69, 9.17) is 0 Å². The average Bonchev–Trinajstić information content (AvgIpc) is 2.57. The van der Waals surface area contributed by atoms with E-state index in [1.165, 1.54) is 6.07 Å². The Bertz CT molecular complexity index is 937. The first kappa shape index (κ1) is 18.4. The Morgan fingerprint density at radius 3 is 2.65 bits per heavy atom. The van der Waals surface area contributed by atoms with Gasteiger partial charge in [0.1, 0.15) is 10.7 Å². The van der Waals surface area contributed by atoms with Crippen LogP contribution in [0.1, 0.15) is 30.9 Å². The van der Waals surface area contributed by atoms with Gasteiger partial charge in [-0.25, -0.2) is 12.8 Å². The standard InChI is InChI=1S/C19H21FN2O3S/c1-3-11-22-17-9-8-15(12-14(17)7-10-18(22)23)21-26(24,25)19-13(2)5-4-6-16(19)20/h4-6,8-9,12,21H,3,7,10-11H2,1-2H3. The van der Waals surface area contributed by atoms with Crippen LogP contribution < -0.4 is 9.62 Å². The predicted octanol–water partition coefficient (Wildman–Crippen LogP) is 3.62. The van der Waals surface area contributed by atoms with Gasteiger partial charge in [0.05, 0.1) is 0 Å². The first-order valence-corrected chi connectivity index (χ1v) is 10.0. The van der Waals surface area contributed by atoms with Crippen LogP contribution in [0.15, 0.2) is 41.3 Å². The van der Waals surface area contributed by atoms with Crippen molar-refractivity contribution in [1.29, 1.82) is 0 Å². The highest BCUT2D eigenvalue weighted by molar-refractivity contribution is 7.92. The molecule has 138 valence electrons. The summed E-state index contributed by atoms with van der Waals surface area (Å²) in [5.74, 6) is -0.704. The van der Waals surface area contributed by atoms with E-state index in [1.807, 2.05) is 6.92 Å². The van der Waals surface area contributed by atoms with Crippen molar-refractivity contribution in [3.63, 3.8) is 0 Å². The molecule has 0 aromatic heterocycles. The Morgan fingerprint density at radius 2 is 1.96 bits per heavy atom. The van der Waals surface area contributed by atoms with Gasteiger partial charge in [-0.15, -0.1) is 0 Å². The van der Waals surface area contributed by atoms with Crippen LogP contribution >= 0.6 is 0 Å². The predicted molar refractivity (Wildman–Crippen MR) is 99.4 cm³/mol. The number of sulfonamides is 1. The molecule has 3 rings (SSSR count). The molecule has 7 heteroatoms. The Kier molecular flexibility index (Phi) is 5.00. The molecule has 1 aliphatic rings. The topological polar surface area (TPSA) is 66.5 Å². The van der Waals surface area contributed by atoms with Gasteiger partial charge >= 0.3 is 0 Å². The molecule has 0 spiro atoms. The zero-order valence-corrected chi connectivity index (χ0v) is 15.6. The Hall–Kier alpha value is -2.41. The number of fused-ring (bicyclic) bond motifs is 1. The third-order valence-electron chi connectivity index (χ3n) is 4.41. The highest BCUT2D eigenvalue weighted by Gasteiger charge is 2.25. The summed E-state index contributed by atoms with van der Waals surface area (Å²) >= 11 is 0. The quantitative estimate of drug-likeness (QED) is 0.867. The number of carbonyl (C=O) groups excluding carboxylic acids is 1. The summed E-state index contributed by atoms with van der Waals surface area (Å²) in [7, 11) is -4.04. The number of rotatable bonds is 5. The molecule has 2 aromatic rings. The van der Waals surface area contributed by atoms with Crippen molar-refractivity contribution in [3.8, 4) is 0 Å². The van der Waals surface area contributed by atoms with Gasteiger partial charge in [0.2, 0.25) is 5.91 Å². The number of anilines is 2. The van der Waals surface area contributed by atoms with Crippen molar-refractivity contribution in [1.82, 2.24) is 0 Å². The zero-order chi connectivity index (χ0) is 18.9. The second-order valence-electron chi connectivity index (χ2n) is 6.38. The van der Waals surface area contributed by atoms with E-state index in [1.54, 1.807) is 36.1 Å². The van der Waals surface area contributed by atoms with E-state index in [-0.39, 0.29) is 10.8 Å². The molecule has 26 heavy (non-hydrogen) atoms. The molecule has 1 aliphatic heterocycles. The lowest BCUT2D eigenvalue weighted by Gasteiger charge is -2.29. The first-order valence-electron chi connectivity index (χ1n) is 8.54. The van der Waals surface area contributed by atoms with Crippen LogP contribution in [0.2, 0.25) is 0 Å². The van der Waals surface area contributed by atoms with Crippen LogP contribution in [0.4, 0.5) is 15.8 Å². The summed E-state index contributed by atoms with van der Waals surface area (Å²) in [6.45, 7) is 4.19. The second-order valence-corrected chi connectivity index (χ2v) is 8.00. The van der Waals surface area contributed by atoms with E-state index in [9.17, 15) is 17.6 Å². The largest absolute Gasteiger partial charge is 0.312 e. The van der Waals surface area contributed by atoms with Crippen molar-refractivity contribution < 1.29 is 17.6 Å². The Labute approximate surface area is 152 Å². The number of amides is 1. The van der Waals surface area contributed by atoms with Gasteiger partial charge in [0, 0.05) is 24.3 Å². The molecule has 2 aromatic carbocycles. The normalized spacial score (nSPS) is 14.3. The van der Waals surface area contributed by atoms with Gasteiger partial charge in [-0.05, 0) is 55.2 Å². The van der Waals surface area contributed by atoms with Crippen molar-refractivity contribution >= 4 is 27.3 Å². The maximum Gasteiger partial charge on any atom is 0.265 e. The highest BCUT2D eigenvalue weighted by Crippen LogP contribution is 2.31. The van der Waals surface area contributed by atoms with Gasteiger partial charge in [-0.3, -0.25) is 9.52 Å². The van der Waals surface area contributed by atoms with Crippen molar-refractivity contribution in [2.75, 3.05) is 16.2 Å². The average molecular weight is 376 g/mol. The number of aryl methyl sites for hydroxylation is 2. The van der Waals surface area contributed by atoms with E-state index >= 15 is 0 Å². The fraction of sp³-hybridized carbons (Fsp3) is 0.316. The number of hydrogen-bond acceptors (Lipinski definition) is 3. The highest BCUT2D eigenvalue weighted by atomic mass is 32.2. The van der Waals surface area contributed by atoms with Crippen LogP contribution in [0, 0.1) is 12.7 Å². The molecule has 0 bridgehead atoms. The minimum absolute atomic E-state index is 0.0784. The summed E-state index contributed by atoms with van der Waals surface area (Å²) in [4.78, 5) is 13.5. The van der Waals surface area contributed by atoms with Gasteiger partial charge in [0.25, 0.3) is 10.0 Å². The molecule has 0 saturated heterocycles. The fourth-order valence-corrected chi connectivity index (χ4v) is 4.61. The molecule has 0 atom stereocenters. The molecular weight excluding hydrogens is 355 g/mol. The van der Waals surface area contributed by atoms with Crippen LogP contribution in [0.3, 0.4) is 0 Å². The summed E-state index contributed by atoms with van der Waals surface area (Å²) in [6, 6.07) is 9.23. The molecular formula is C19H21FN2O3S. The zero-order valence-electron chi connectivity index (χ0n) is 14.8. The number of carbonyl (C=O) groups is 1. The van der Waals surface area contributed by atoms with Gasteiger partial charge in [-0.2, -0.15) is 0 Å². The van der Waals surface area contributed by atoms with E-state index in [2.05, 4.69) is 4.72 Å². The van der Waals surface area contributed by atoms with Gasteiger partial charge in [0.15, 0.2) is 0 Å². The lowest BCUT2D eigenvalue weighted by molar-refractivity contribution is -0.118. The Morgan fingerprint density at radius 1 is 1.19 bits per heavy atom. The van der Waals surface area contributed by atoms with E-state index < -0.39 is 15.8 Å². The lowest BCUT2D eigenvalue weighted by atomic mass is 10.0. The van der Waals surface area contributed by atoms with Crippen LogP contribution in [0.5, 0.6) is 0 Å². The monoisotopic (exact) mass is 376 g/mol. The summed E-state index contributed by atoms with van der Waals surface area (Å²) in [5.41, 5.74) is 2.42. The minimum Gasteiger partial charge on any atom is -0.312 e. The van der Waals surface area contributed by atoms with Crippen molar-refractivity contribution in [2.45, 2.75) is 38.0 Å². The van der Waals surface area contributed by atoms with E-state index in [0.29, 0.717) is 30.6 Å². The SMILES string of the molecule is CCCN1C(=O)CCc2cc(NS(=O)(=O)c3c(C)cccc3F)ccc21. The maximum atomic E-state index is 14.0. The lowest BCUT2D eigenvalue weighted by Crippen LogP contribution is -2.35. The van der Waals surface area contributed by atoms with Crippen LogP contribution in [-0.4, -0.2) is 20.9 Å². The van der Waals surface area contributed by atoms with Crippen LogP contribution in [-0.2, 0) is 21.2 Å². The van der Waals surface area contributed by atoms with Gasteiger partial charge < -0.3 is 4.90 Å². The fourth-order valence-electron chi connectivity index (χ4n) is 3.26. The third-order valence-corrected chi connectivity index (χ3v) is 5.97. The smallest absolute Gasteiger partial charge is 0.265 e. The van der Waals surface area contributed by atoms with E-state index in [0.717, 1.165) is 23.7 Å². The number of halogens is 1. The van der Waals surface area contributed by atoms with Crippen molar-refractivity contribution in [2.24, 2.45) is 0 Å².